The molecule has 0 aromatic rings. The van der Waals surface area contributed by atoms with Crippen molar-refractivity contribution < 1.29 is 20.4 Å². The fraction of sp³-hybridized carbons (Fsp3) is 1.00. The molecule has 0 saturated carbocycles. The van der Waals surface area contributed by atoms with Crippen molar-refractivity contribution in [2.75, 3.05) is 24.7 Å². The van der Waals surface area contributed by atoms with Crippen molar-refractivity contribution in [1.29, 1.82) is 0 Å². The van der Waals surface area contributed by atoms with Gasteiger partial charge in [0, 0.05) is 24.7 Å². The van der Waals surface area contributed by atoms with Gasteiger partial charge in [-0.2, -0.15) is 0 Å². The van der Waals surface area contributed by atoms with E-state index in [2.05, 4.69) is 35.4 Å². The van der Waals surface area contributed by atoms with Crippen LogP contribution in [0.4, 0.5) is 0 Å². The zero-order valence-electron chi connectivity index (χ0n) is 34.9. The van der Waals surface area contributed by atoms with E-state index in [0.29, 0.717) is 13.2 Å². The van der Waals surface area contributed by atoms with Crippen LogP contribution in [0, 0.1) is 0 Å². The summed E-state index contributed by atoms with van der Waals surface area (Å²) in [7, 11) is 7.08. The topological polar surface area (TPSA) is 80.9 Å². The van der Waals surface area contributed by atoms with E-state index in [1.54, 1.807) is 0 Å². The molecule has 0 aliphatic rings. The summed E-state index contributed by atoms with van der Waals surface area (Å²) < 4.78 is 0. The Bertz CT molecular complexity index is 555. The van der Waals surface area contributed by atoms with Crippen LogP contribution in [-0.2, 0) is 0 Å². The first-order valence-corrected chi connectivity index (χ1v) is 27.5. The lowest BCUT2D eigenvalue weighted by molar-refractivity contribution is 0.244. The van der Waals surface area contributed by atoms with Gasteiger partial charge in [-0.1, -0.05) is 237 Å². The zero-order chi connectivity index (χ0) is 38.3. The Hall–Kier alpha value is 1.24. The quantitative estimate of drug-likeness (QED) is 0.0275. The summed E-state index contributed by atoms with van der Waals surface area (Å²) in [6, 6.07) is 0. The second kappa shape index (κ2) is 52.2. The van der Waals surface area contributed by atoms with E-state index in [0.717, 1.165) is 38.5 Å². The maximum atomic E-state index is 10.0. The molecule has 0 fully saturated rings. The second-order valence-electron chi connectivity index (χ2n) is 15.1. The monoisotopic (exact) mass is 813 g/mol. The van der Waals surface area contributed by atoms with Crippen molar-refractivity contribution in [3.63, 3.8) is 0 Å². The van der Waals surface area contributed by atoms with Gasteiger partial charge < -0.3 is 20.4 Å². The molecule has 4 N–H and O–H groups in total. The molecule has 0 aliphatic heterocycles. The molecule has 0 heterocycles. The van der Waals surface area contributed by atoms with E-state index in [1.165, 1.54) is 226 Å². The number of aliphatic hydroxyl groups excluding tert-OH is 4. The van der Waals surface area contributed by atoms with Crippen LogP contribution in [0.25, 0.3) is 0 Å². The van der Waals surface area contributed by atoms with Gasteiger partial charge in [0.1, 0.15) is 10.9 Å². The lowest BCUT2D eigenvalue weighted by Crippen LogP contribution is -2.03. The number of hydrogen-bond acceptors (Lipinski definition) is 8. The normalized spacial score (nSPS) is 12.6. The van der Waals surface area contributed by atoms with Crippen molar-refractivity contribution in [3.05, 3.63) is 0 Å². The van der Waals surface area contributed by atoms with E-state index < -0.39 is 0 Å². The Morgan fingerprint density at radius 2 is 0.538 bits per heavy atom. The highest BCUT2D eigenvalue weighted by Gasteiger charge is 2.10. The van der Waals surface area contributed by atoms with Gasteiger partial charge in [-0.15, -0.1) is 0 Å². The molecule has 0 radical (unpaired) electrons. The van der Waals surface area contributed by atoms with Crippen molar-refractivity contribution in [1.82, 2.24) is 0 Å². The minimum Gasteiger partial charge on any atom is -0.396 e. The van der Waals surface area contributed by atoms with Crippen LogP contribution in [0.5, 0.6) is 0 Å². The van der Waals surface area contributed by atoms with Gasteiger partial charge >= 0.3 is 0 Å². The minimum atomic E-state index is -0.326. The molecule has 0 aliphatic carbocycles. The predicted molar refractivity (Wildman–Crippen MR) is 244 cm³/mol. The van der Waals surface area contributed by atoms with Crippen LogP contribution in [-0.4, -0.2) is 56.0 Å². The van der Waals surface area contributed by atoms with Gasteiger partial charge in [-0.25, -0.2) is 0 Å². The molecule has 0 saturated heterocycles. The lowest BCUT2D eigenvalue weighted by atomic mass is 10.1. The van der Waals surface area contributed by atoms with E-state index >= 15 is 0 Å². The van der Waals surface area contributed by atoms with E-state index in [1.807, 2.05) is 0 Å². The molecular weight excluding hydrogens is 721 g/mol. The van der Waals surface area contributed by atoms with Crippen LogP contribution in [0.15, 0.2) is 0 Å². The van der Waals surface area contributed by atoms with Crippen LogP contribution < -0.4 is 0 Å². The molecule has 52 heavy (non-hydrogen) atoms. The van der Waals surface area contributed by atoms with Crippen molar-refractivity contribution >= 4 is 43.2 Å². The molecule has 316 valence electrons. The summed E-state index contributed by atoms with van der Waals surface area (Å²) in [6.45, 7) is 5.23. The molecule has 0 aromatic heterocycles. The predicted octanol–water partition coefficient (Wildman–Crippen LogP) is 15.4. The number of aliphatic hydroxyl groups is 4. The number of rotatable bonds is 44. The second-order valence-corrected chi connectivity index (χ2v) is 20.4. The average Bonchev–Trinajstić information content (AvgIpc) is 3.15. The summed E-state index contributed by atoms with van der Waals surface area (Å²) in [4.78, 5) is 0. The van der Waals surface area contributed by atoms with Gasteiger partial charge in [-0.05, 0) is 51.4 Å². The SMILES string of the molecule is CCCCCCCCCCC(O)SSC(O)CCCCCCCCCC.OCCCCCCCCCCCSSCCCCCCCCCCCO. The van der Waals surface area contributed by atoms with E-state index in [9.17, 15) is 10.2 Å². The van der Waals surface area contributed by atoms with Gasteiger partial charge in [0.25, 0.3) is 0 Å². The fourth-order valence-electron chi connectivity index (χ4n) is 6.27. The highest BCUT2D eigenvalue weighted by molar-refractivity contribution is 8.77. The molecule has 4 nitrogen and oxygen atoms in total. The maximum Gasteiger partial charge on any atom is 0.109 e. The first kappa shape index (κ1) is 55.3. The van der Waals surface area contributed by atoms with Crippen LogP contribution >= 0.6 is 43.2 Å². The Labute approximate surface area is 342 Å². The third-order valence-electron chi connectivity index (χ3n) is 9.74. The minimum absolute atomic E-state index is 0.326. The molecule has 0 bridgehead atoms. The summed E-state index contributed by atoms with van der Waals surface area (Å²) >= 11 is 0. The van der Waals surface area contributed by atoms with Crippen LogP contribution in [0.1, 0.15) is 245 Å². The van der Waals surface area contributed by atoms with Gasteiger partial charge in [0.05, 0.1) is 0 Å². The standard InChI is InChI=1S/2C22H46O2S2/c1-3-5-7-9-11-13-15-17-19-21(23)25-26-22(24)20-18-16-14-12-10-8-6-4-2;23-19-15-11-7-3-1-5-9-13-17-21-25-26-22-18-14-10-6-2-4-8-12-16-20-24/h21-24H,3-20H2,1-2H3;23-24H,1-22H2. The number of hydrogen-bond donors (Lipinski definition) is 4. The highest BCUT2D eigenvalue weighted by Crippen LogP contribution is 2.33. The van der Waals surface area contributed by atoms with Gasteiger partial charge in [0.15, 0.2) is 0 Å². The average molecular weight is 813 g/mol. The Balaban J connectivity index is 0. The summed E-state index contributed by atoms with van der Waals surface area (Å²) in [6.07, 6.45) is 46.2. The Morgan fingerprint density at radius 3 is 0.808 bits per heavy atom. The Kier molecular flexibility index (Phi) is 55.6. The highest BCUT2D eigenvalue weighted by atomic mass is 33.1. The smallest absolute Gasteiger partial charge is 0.109 e. The summed E-state index contributed by atoms with van der Waals surface area (Å²) in [5, 5.41) is 37.5. The molecule has 0 amide bonds. The van der Waals surface area contributed by atoms with E-state index in [4.69, 9.17) is 10.2 Å². The summed E-state index contributed by atoms with van der Waals surface area (Å²) in [5.41, 5.74) is -0.651. The zero-order valence-corrected chi connectivity index (χ0v) is 38.1. The first-order valence-electron chi connectivity index (χ1n) is 22.8. The third kappa shape index (κ3) is 53.3. The molecule has 2 unspecified atom stereocenters. The number of unbranched alkanes of at least 4 members (excludes halogenated alkanes) is 30. The van der Waals surface area contributed by atoms with Crippen molar-refractivity contribution in [2.24, 2.45) is 0 Å². The van der Waals surface area contributed by atoms with Gasteiger partial charge in [0.2, 0.25) is 0 Å². The molecule has 0 spiro atoms. The van der Waals surface area contributed by atoms with Crippen molar-refractivity contribution in [2.45, 2.75) is 256 Å². The summed E-state index contributed by atoms with van der Waals surface area (Å²) in [5.74, 6) is 2.66. The Morgan fingerprint density at radius 1 is 0.308 bits per heavy atom. The molecule has 0 rings (SSSR count). The molecular formula is C44H92O4S4. The maximum absolute atomic E-state index is 10.0. The fourth-order valence-corrected chi connectivity index (χ4v) is 10.7. The van der Waals surface area contributed by atoms with Crippen LogP contribution in [0.3, 0.4) is 0 Å². The van der Waals surface area contributed by atoms with Gasteiger partial charge in [-0.3, -0.25) is 0 Å². The lowest BCUT2D eigenvalue weighted by Gasteiger charge is -2.13. The van der Waals surface area contributed by atoms with Crippen molar-refractivity contribution in [3.8, 4) is 0 Å². The van der Waals surface area contributed by atoms with E-state index in [-0.39, 0.29) is 10.9 Å². The molecule has 2 atom stereocenters. The third-order valence-corrected chi connectivity index (χ3v) is 15.0. The molecule has 0 aromatic carbocycles. The largest absolute Gasteiger partial charge is 0.396 e. The molecule has 8 heteroatoms. The first-order chi connectivity index (χ1) is 25.6. The van der Waals surface area contributed by atoms with Crippen LogP contribution in [0.2, 0.25) is 0 Å².